The Morgan fingerprint density at radius 3 is 2.61 bits per heavy atom. The van der Waals surface area contributed by atoms with E-state index in [4.69, 9.17) is 0 Å². The molecule has 1 atom stereocenters. The smallest absolute Gasteiger partial charge is 0.168 e. The molecule has 2 rings (SSSR count). The number of halogens is 3. The highest BCUT2D eigenvalue weighted by atomic mass is 19.2. The highest BCUT2D eigenvalue weighted by Gasteiger charge is 2.17. The Bertz CT molecular complexity index is 563. The fourth-order valence-corrected chi connectivity index (χ4v) is 1.92. The van der Waals surface area contributed by atoms with Gasteiger partial charge in [-0.2, -0.15) is 0 Å². The number of rotatable bonds is 4. The van der Waals surface area contributed by atoms with Gasteiger partial charge in [-0.3, -0.25) is 0 Å². The van der Waals surface area contributed by atoms with Gasteiger partial charge in [-0.15, -0.1) is 0 Å². The monoisotopic (exact) mass is 256 g/mol. The molecule has 0 saturated carbocycles. The average Bonchev–Trinajstić information content (AvgIpc) is 2.79. The van der Waals surface area contributed by atoms with Crippen LogP contribution in [0.2, 0.25) is 0 Å². The van der Waals surface area contributed by atoms with Gasteiger partial charge in [0.25, 0.3) is 0 Å². The molecule has 2 N–H and O–H groups in total. The molecule has 1 aromatic heterocycles. The molecule has 1 unspecified atom stereocenters. The van der Waals surface area contributed by atoms with Gasteiger partial charge in [-0.05, 0) is 26.0 Å². The maximum Gasteiger partial charge on any atom is 0.168 e. The van der Waals surface area contributed by atoms with Crippen molar-refractivity contribution in [2.45, 2.75) is 26.3 Å². The molecule has 2 aromatic rings. The van der Waals surface area contributed by atoms with Crippen molar-refractivity contribution in [3.63, 3.8) is 0 Å². The van der Waals surface area contributed by atoms with Crippen molar-refractivity contribution in [3.05, 3.63) is 35.3 Å². The van der Waals surface area contributed by atoms with Gasteiger partial charge in [0.1, 0.15) is 5.82 Å². The number of fused-ring (bicyclic) bond motifs is 1. The average molecular weight is 256 g/mol. The molecular weight excluding hydrogens is 241 g/mol. The van der Waals surface area contributed by atoms with Crippen LogP contribution in [0.15, 0.2) is 12.1 Å². The molecule has 2 nitrogen and oxygen atoms in total. The molecule has 0 saturated heterocycles. The first-order valence-electron chi connectivity index (χ1n) is 5.94. The quantitative estimate of drug-likeness (QED) is 0.803. The van der Waals surface area contributed by atoms with Gasteiger partial charge in [0, 0.05) is 23.2 Å². The van der Waals surface area contributed by atoms with E-state index in [1.807, 2.05) is 13.8 Å². The molecule has 0 spiro atoms. The second-order valence-corrected chi connectivity index (χ2v) is 4.34. The normalized spacial score (nSPS) is 13.2. The molecule has 0 bridgehead atoms. The summed E-state index contributed by atoms with van der Waals surface area (Å²) in [6, 6.07) is 1.94. The molecule has 18 heavy (non-hydrogen) atoms. The van der Waals surface area contributed by atoms with Crippen LogP contribution in [0, 0.1) is 17.5 Å². The van der Waals surface area contributed by atoms with Gasteiger partial charge in [0.05, 0.1) is 5.52 Å². The summed E-state index contributed by atoms with van der Waals surface area (Å²) in [5, 5.41) is 3.14. The van der Waals surface area contributed by atoms with Crippen LogP contribution in [0.4, 0.5) is 13.2 Å². The number of nitrogens with one attached hydrogen (secondary N) is 2. The van der Waals surface area contributed by atoms with Gasteiger partial charge in [-0.25, -0.2) is 13.2 Å². The predicted molar refractivity (Wildman–Crippen MR) is 64.9 cm³/mol. The first-order chi connectivity index (χ1) is 8.54. The number of hydrogen-bond donors (Lipinski definition) is 2. The van der Waals surface area contributed by atoms with E-state index in [-0.39, 0.29) is 16.9 Å². The number of aromatic nitrogens is 1. The zero-order valence-electron chi connectivity index (χ0n) is 10.3. The third-order valence-corrected chi connectivity index (χ3v) is 2.94. The Labute approximate surface area is 103 Å². The lowest BCUT2D eigenvalue weighted by atomic mass is 10.2. The van der Waals surface area contributed by atoms with Crippen molar-refractivity contribution in [2.24, 2.45) is 0 Å². The largest absolute Gasteiger partial charge is 0.355 e. The highest BCUT2D eigenvalue weighted by Crippen LogP contribution is 2.26. The molecular formula is C13H15F3N2. The van der Waals surface area contributed by atoms with E-state index >= 15 is 0 Å². The van der Waals surface area contributed by atoms with E-state index < -0.39 is 17.5 Å². The molecule has 0 aliphatic carbocycles. The minimum atomic E-state index is -1.17. The first kappa shape index (κ1) is 13.0. The summed E-state index contributed by atoms with van der Waals surface area (Å²) in [7, 11) is 0. The Kier molecular flexibility index (Phi) is 3.61. The molecule has 0 fully saturated rings. The van der Waals surface area contributed by atoms with E-state index in [9.17, 15) is 13.2 Å². The zero-order valence-corrected chi connectivity index (χ0v) is 10.3. The van der Waals surface area contributed by atoms with Crippen molar-refractivity contribution in [2.75, 3.05) is 6.54 Å². The van der Waals surface area contributed by atoms with Gasteiger partial charge in [-0.1, -0.05) is 6.92 Å². The lowest BCUT2D eigenvalue weighted by molar-refractivity contribution is 0.505. The summed E-state index contributed by atoms with van der Waals surface area (Å²) < 4.78 is 40.1. The minimum Gasteiger partial charge on any atom is -0.355 e. The molecule has 98 valence electrons. The fraction of sp³-hybridized carbons (Fsp3) is 0.385. The molecule has 0 radical (unpaired) electrons. The summed E-state index contributed by atoms with van der Waals surface area (Å²) in [6.45, 7) is 4.71. The SMILES string of the molecule is CCCNC(C)c1cc2c(F)c(F)cc(F)c2[nH]1. The van der Waals surface area contributed by atoms with E-state index in [0.717, 1.165) is 13.0 Å². The Morgan fingerprint density at radius 2 is 1.94 bits per heavy atom. The molecule has 0 aliphatic heterocycles. The standard InChI is InChI=1S/C13H15F3N2/c1-3-4-17-7(2)11-5-8-12(16)9(14)6-10(15)13(8)18-11/h5-7,17-18H,3-4H2,1-2H3. The Morgan fingerprint density at radius 1 is 1.22 bits per heavy atom. The van der Waals surface area contributed by atoms with Crippen LogP contribution < -0.4 is 5.32 Å². The third kappa shape index (κ3) is 2.22. The predicted octanol–water partition coefficient (Wildman–Crippen LogP) is 3.65. The Hall–Kier alpha value is -1.49. The number of benzene rings is 1. The Balaban J connectivity index is 2.44. The van der Waals surface area contributed by atoms with Gasteiger partial charge >= 0.3 is 0 Å². The van der Waals surface area contributed by atoms with Crippen molar-refractivity contribution in [1.82, 2.24) is 10.3 Å². The highest BCUT2D eigenvalue weighted by molar-refractivity contribution is 5.82. The topological polar surface area (TPSA) is 27.8 Å². The molecule has 5 heteroatoms. The second kappa shape index (κ2) is 5.02. The maximum absolute atomic E-state index is 13.5. The van der Waals surface area contributed by atoms with E-state index in [1.54, 1.807) is 0 Å². The lowest BCUT2D eigenvalue weighted by Crippen LogP contribution is -2.19. The molecule has 0 aliphatic rings. The molecule has 1 aromatic carbocycles. The van der Waals surface area contributed by atoms with E-state index in [0.29, 0.717) is 11.8 Å². The summed E-state index contributed by atoms with van der Waals surface area (Å²) in [5.74, 6) is -2.96. The van der Waals surface area contributed by atoms with E-state index in [2.05, 4.69) is 10.3 Å². The van der Waals surface area contributed by atoms with Crippen LogP contribution in [-0.2, 0) is 0 Å². The first-order valence-corrected chi connectivity index (χ1v) is 5.94. The van der Waals surface area contributed by atoms with E-state index in [1.165, 1.54) is 6.07 Å². The molecule has 0 amide bonds. The summed E-state index contributed by atoms with van der Waals surface area (Å²) in [5.41, 5.74) is 0.649. The third-order valence-electron chi connectivity index (χ3n) is 2.94. The second-order valence-electron chi connectivity index (χ2n) is 4.34. The lowest BCUT2D eigenvalue weighted by Gasteiger charge is -2.10. The van der Waals surface area contributed by atoms with Crippen molar-refractivity contribution >= 4 is 10.9 Å². The summed E-state index contributed by atoms with van der Waals surface area (Å²) >= 11 is 0. The maximum atomic E-state index is 13.5. The van der Waals surface area contributed by atoms with Crippen LogP contribution in [-0.4, -0.2) is 11.5 Å². The summed E-state index contributed by atoms with van der Waals surface area (Å²) in [4.78, 5) is 2.80. The number of H-pyrrole nitrogens is 1. The summed E-state index contributed by atoms with van der Waals surface area (Å²) in [6.07, 6.45) is 0.960. The van der Waals surface area contributed by atoms with Gasteiger partial charge in [0.15, 0.2) is 11.6 Å². The van der Waals surface area contributed by atoms with Crippen LogP contribution in [0.1, 0.15) is 32.0 Å². The van der Waals surface area contributed by atoms with Gasteiger partial charge in [0.2, 0.25) is 0 Å². The van der Waals surface area contributed by atoms with Crippen molar-refractivity contribution in [3.8, 4) is 0 Å². The van der Waals surface area contributed by atoms with Gasteiger partial charge < -0.3 is 10.3 Å². The fourth-order valence-electron chi connectivity index (χ4n) is 1.92. The van der Waals surface area contributed by atoms with Crippen LogP contribution >= 0.6 is 0 Å². The number of hydrogen-bond acceptors (Lipinski definition) is 1. The minimum absolute atomic E-state index is 0.00838. The van der Waals surface area contributed by atoms with Crippen LogP contribution in [0.3, 0.4) is 0 Å². The number of aromatic amines is 1. The molecule has 1 heterocycles. The van der Waals surface area contributed by atoms with Crippen molar-refractivity contribution < 1.29 is 13.2 Å². The van der Waals surface area contributed by atoms with Crippen LogP contribution in [0.5, 0.6) is 0 Å². The zero-order chi connectivity index (χ0) is 13.3. The van der Waals surface area contributed by atoms with Crippen molar-refractivity contribution in [1.29, 1.82) is 0 Å². The van der Waals surface area contributed by atoms with Crippen LogP contribution in [0.25, 0.3) is 10.9 Å².